The average molecular weight is 295 g/mol. The van der Waals surface area contributed by atoms with E-state index in [1.54, 1.807) is 0 Å². The third kappa shape index (κ3) is 2.18. The smallest absolute Gasteiger partial charge is 0.213 e. The molecule has 0 saturated carbocycles. The zero-order valence-electron chi connectivity index (χ0n) is 11.4. The van der Waals surface area contributed by atoms with Crippen molar-refractivity contribution in [3.05, 3.63) is 23.7 Å². The van der Waals surface area contributed by atoms with E-state index in [1.165, 1.54) is 6.39 Å². The number of aromatic nitrogens is 6. The highest BCUT2D eigenvalue weighted by Gasteiger charge is 2.17. The van der Waals surface area contributed by atoms with Gasteiger partial charge in [0.15, 0.2) is 11.5 Å². The van der Waals surface area contributed by atoms with Gasteiger partial charge < -0.3 is 9.09 Å². The number of hydrogen-bond acceptors (Lipinski definition) is 5. The topological polar surface area (TPSA) is 74.6 Å². The van der Waals surface area contributed by atoms with Gasteiger partial charge in [-0.2, -0.15) is 10.1 Å². The summed E-state index contributed by atoms with van der Waals surface area (Å²) < 4.78 is 8.74. The molecule has 0 saturated heterocycles. The second-order valence-corrected chi connectivity index (χ2v) is 4.98. The van der Waals surface area contributed by atoms with E-state index in [0.717, 1.165) is 35.6 Å². The minimum atomic E-state index is 0.540. The maximum Gasteiger partial charge on any atom is 0.213 e. The molecule has 0 aromatic carbocycles. The van der Waals surface area contributed by atoms with E-state index in [-0.39, 0.29) is 0 Å². The molecule has 3 rings (SSSR count). The van der Waals surface area contributed by atoms with Gasteiger partial charge in [0.05, 0.1) is 5.69 Å². The van der Waals surface area contributed by atoms with Gasteiger partial charge in [0.2, 0.25) is 6.39 Å². The van der Waals surface area contributed by atoms with Crippen LogP contribution in [0, 0.1) is 6.92 Å². The van der Waals surface area contributed by atoms with Crippen LogP contribution in [0.5, 0.6) is 0 Å². The number of fused-ring (bicyclic) bond motifs is 1. The van der Waals surface area contributed by atoms with Crippen molar-refractivity contribution in [3.8, 4) is 0 Å². The van der Waals surface area contributed by atoms with Crippen LogP contribution in [0.2, 0.25) is 0 Å². The lowest BCUT2D eigenvalue weighted by atomic mass is 10.3. The first-order chi connectivity index (χ1) is 9.70. The molecule has 0 fully saturated rings. The summed E-state index contributed by atoms with van der Waals surface area (Å²) in [6.07, 6.45) is 2.75. The molecule has 0 radical (unpaired) electrons. The first-order valence-electron chi connectivity index (χ1n) is 6.40. The summed E-state index contributed by atoms with van der Waals surface area (Å²) in [5.41, 5.74) is 2.86. The van der Waals surface area contributed by atoms with Crippen molar-refractivity contribution in [1.82, 2.24) is 29.5 Å². The Bertz CT molecular complexity index is 714. The molecule has 3 heterocycles. The Morgan fingerprint density at radius 2 is 2.20 bits per heavy atom. The standard InChI is InChI=1S/C12H15ClN6O/c1-8-11-12(18(2)16-8)19(10(15-11)3-5-13)6-4-9-14-7-20-17-9/h7H,3-6H2,1-2H3. The second kappa shape index (κ2) is 5.24. The van der Waals surface area contributed by atoms with Gasteiger partial charge in [-0.3, -0.25) is 4.68 Å². The summed E-state index contributed by atoms with van der Waals surface area (Å²) in [7, 11) is 1.92. The quantitative estimate of drug-likeness (QED) is 0.666. The number of imidazole rings is 1. The second-order valence-electron chi connectivity index (χ2n) is 4.60. The van der Waals surface area contributed by atoms with Crippen LogP contribution in [0.3, 0.4) is 0 Å². The zero-order chi connectivity index (χ0) is 14.1. The average Bonchev–Trinajstić information content (AvgIpc) is 3.08. The van der Waals surface area contributed by atoms with Gasteiger partial charge >= 0.3 is 0 Å². The van der Waals surface area contributed by atoms with Gasteiger partial charge in [-0.25, -0.2) is 4.98 Å². The molecule has 0 aliphatic heterocycles. The Balaban J connectivity index is 1.99. The molecule has 0 aliphatic carbocycles. The zero-order valence-corrected chi connectivity index (χ0v) is 12.1. The molecule has 0 aliphatic rings. The number of rotatable bonds is 5. The lowest BCUT2D eigenvalue weighted by molar-refractivity contribution is 0.408. The van der Waals surface area contributed by atoms with Crippen LogP contribution in [0.25, 0.3) is 11.2 Å². The highest BCUT2D eigenvalue weighted by atomic mass is 35.5. The fourth-order valence-electron chi connectivity index (χ4n) is 2.40. The van der Waals surface area contributed by atoms with Crippen molar-refractivity contribution in [2.75, 3.05) is 5.88 Å². The Morgan fingerprint density at radius 1 is 1.35 bits per heavy atom. The van der Waals surface area contributed by atoms with Crippen LogP contribution in [0.15, 0.2) is 10.9 Å². The van der Waals surface area contributed by atoms with Gasteiger partial charge in [0.1, 0.15) is 11.3 Å². The SMILES string of the molecule is Cc1nn(C)c2c1nc(CCCl)n2CCc1ncon1. The Morgan fingerprint density at radius 3 is 2.90 bits per heavy atom. The molecule has 106 valence electrons. The molecule has 0 spiro atoms. The van der Waals surface area contributed by atoms with E-state index in [1.807, 2.05) is 18.7 Å². The number of alkyl halides is 1. The molecule has 3 aromatic heterocycles. The van der Waals surface area contributed by atoms with Gasteiger partial charge in [-0.05, 0) is 6.92 Å². The fraction of sp³-hybridized carbons (Fsp3) is 0.500. The molecule has 8 heteroatoms. The lowest BCUT2D eigenvalue weighted by Gasteiger charge is -2.07. The van der Waals surface area contributed by atoms with Crippen LogP contribution >= 0.6 is 11.6 Å². The first-order valence-corrected chi connectivity index (χ1v) is 6.94. The number of aryl methyl sites for hydroxylation is 5. The Labute approximate surface area is 120 Å². The molecule has 7 nitrogen and oxygen atoms in total. The summed E-state index contributed by atoms with van der Waals surface area (Å²) in [5, 5.41) is 8.24. The van der Waals surface area contributed by atoms with Crippen LogP contribution in [0.4, 0.5) is 0 Å². The molecule has 0 bridgehead atoms. The normalized spacial score (nSPS) is 11.6. The van der Waals surface area contributed by atoms with Crippen molar-refractivity contribution < 1.29 is 4.52 Å². The van der Waals surface area contributed by atoms with Gasteiger partial charge in [0, 0.05) is 32.3 Å². The molecule has 3 aromatic rings. The largest absolute Gasteiger partial charge is 0.343 e. The predicted octanol–water partition coefficient (Wildman–Crippen LogP) is 1.49. The van der Waals surface area contributed by atoms with E-state index in [4.69, 9.17) is 16.1 Å². The third-order valence-electron chi connectivity index (χ3n) is 3.25. The van der Waals surface area contributed by atoms with Gasteiger partial charge in [-0.1, -0.05) is 5.16 Å². The Hall–Kier alpha value is -1.89. The first kappa shape index (κ1) is 13.1. The summed E-state index contributed by atoms with van der Waals surface area (Å²) in [4.78, 5) is 8.69. The van der Waals surface area contributed by atoms with Crippen LogP contribution in [0.1, 0.15) is 17.3 Å². The maximum absolute atomic E-state index is 5.87. The number of nitrogens with zero attached hydrogens (tertiary/aromatic N) is 6. The highest BCUT2D eigenvalue weighted by Crippen LogP contribution is 2.20. The van der Waals surface area contributed by atoms with Crippen LogP contribution in [-0.4, -0.2) is 35.4 Å². The van der Waals surface area contributed by atoms with Crippen molar-refractivity contribution in [3.63, 3.8) is 0 Å². The minimum absolute atomic E-state index is 0.540. The monoisotopic (exact) mass is 294 g/mol. The lowest BCUT2D eigenvalue weighted by Crippen LogP contribution is -2.10. The summed E-state index contributed by atoms with van der Waals surface area (Å²) in [6, 6.07) is 0. The Kier molecular flexibility index (Phi) is 3.43. The van der Waals surface area contributed by atoms with Crippen molar-refractivity contribution in [2.45, 2.75) is 26.3 Å². The van der Waals surface area contributed by atoms with E-state index in [0.29, 0.717) is 18.1 Å². The molecule has 0 N–H and O–H groups in total. The molecule has 20 heavy (non-hydrogen) atoms. The fourth-order valence-corrected chi connectivity index (χ4v) is 2.57. The minimum Gasteiger partial charge on any atom is -0.343 e. The molecule has 0 amide bonds. The van der Waals surface area contributed by atoms with E-state index < -0.39 is 0 Å². The van der Waals surface area contributed by atoms with Crippen molar-refractivity contribution in [2.24, 2.45) is 7.05 Å². The highest BCUT2D eigenvalue weighted by molar-refractivity contribution is 6.17. The maximum atomic E-state index is 5.87. The molecule has 0 atom stereocenters. The molecule has 0 unspecified atom stereocenters. The molecular weight excluding hydrogens is 280 g/mol. The third-order valence-corrected chi connectivity index (χ3v) is 3.44. The van der Waals surface area contributed by atoms with Gasteiger partial charge in [0.25, 0.3) is 0 Å². The summed E-state index contributed by atoms with van der Waals surface area (Å²) >= 11 is 5.87. The van der Waals surface area contributed by atoms with E-state index in [9.17, 15) is 0 Å². The summed E-state index contributed by atoms with van der Waals surface area (Å²) in [5.74, 6) is 2.19. The summed E-state index contributed by atoms with van der Waals surface area (Å²) in [6.45, 7) is 2.69. The predicted molar refractivity (Wildman–Crippen MR) is 73.7 cm³/mol. The van der Waals surface area contributed by atoms with E-state index in [2.05, 4.69) is 24.8 Å². The van der Waals surface area contributed by atoms with Crippen molar-refractivity contribution >= 4 is 22.8 Å². The van der Waals surface area contributed by atoms with Gasteiger partial charge in [-0.15, -0.1) is 11.6 Å². The van der Waals surface area contributed by atoms with E-state index >= 15 is 0 Å². The van der Waals surface area contributed by atoms with Crippen LogP contribution in [-0.2, 0) is 26.4 Å². The number of halogens is 1. The van der Waals surface area contributed by atoms with Crippen molar-refractivity contribution in [1.29, 1.82) is 0 Å². The van der Waals surface area contributed by atoms with Crippen LogP contribution < -0.4 is 0 Å². The molecular formula is C12H15ClN6O. The number of hydrogen-bond donors (Lipinski definition) is 0.